The molecule has 1 N–H and O–H groups in total. The van der Waals surface area contributed by atoms with Gasteiger partial charge < -0.3 is 5.32 Å². The quantitative estimate of drug-likeness (QED) is 0.657. The van der Waals surface area contributed by atoms with Gasteiger partial charge in [0, 0.05) is 17.2 Å². The second-order valence-electron chi connectivity index (χ2n) is 5.36. The van der Waals surface area contributed by atoms with E-state index in [2.05, 4.69) is 18.3 Å². The average Bonchev–Trinajstić information content (AvgIpc) is 2.75. The zero-order chi connectivity index (χ0) is 14.5. The van der Waals surface area contributed by atoms with Crippen molar-refractivity contribution in [2.24, 2.45) is 5.92 Å². The van der Waals surface area contributed by atoms with Crippen LogP contribution in [0.1, 0.15) is 48.6 Å². The van der Waals surface area contributed by atoms with Crippen LogP contribution < -0.4 is 5.32 Å². The highest BCUT2D eigenvalue weighted by Crippen LogP contribution is 2.39. The largest absolute Gasteiger partial charge is 0.317 e. The lowest BCUT2D eigenvalue weighted by atomic mass is 9.88. The molecule has 5 heteroatoms. The highest BCUT2D eigenvalue weighted by molar-refractivity contribution is 7.16. The lowest BCUT2D eigenvalue weighted by molar-refractivity contribution is -0.116. The van der Waals surface area contributed by atoms with Gasteiger partial charge in [0.15, 0.2) is 0 Å². The third-order valence-corrected chi connectivity index (χ3v) is 5.10. The van der Waals surface area contributed by atoms with Crippen LogP contribution >= 0.6 is 22.9 Å². The summed E-state index contributed by atoms with van der Waals surface area (Å²) in [5.74, 6) is 1.24. The number of nitrogens with one attached hydrogen (secondary N) is 1. The number of hydrogen-bond acceptors (Lipinski definition) is 3. The summed E-state index contributed by atoms with van der Waals surface area (Å²) in [4.78, 5) is 13.2. The van der Waals surface area contributed by atoms with Crippen LogP contribution in [-0.2, 0) is 17.6 Å². The SMILES string of the molecule is CC1CCc2c(sc(NC(=O)CCCCCl)c2C#N)C1. The zero-order valence-corrected chi connectivity index (χ0v) is 13.2. The molecule has 1 atom stereocenters. The van der Waals surface area contributed by atoms with E-state index in [9.17, 15) is 10.1 Å². The Labute approximate surface area is 128 Å². The van der Waals surface area contributed by atoms with Gasteiger partial charge in [0.2, 0.25) is 5.91 Å². The smallest absolute Gasteiger partial charge is 0.225 e. The molecule has 0 saturated heterocycles. The molecule has 0 radical (unpaired) electrons. The first kappa shape index (κ1) is 15.3. The maximum atomic E-state index is 11.9. The van der Waals surface area contributed by atoms with Gasteiger partial charge in [0.05, 0.1) is 5.56 Å². The predicted molar refractivity (Wildman–Crippen MR) is 83.4 cm³/mol. The van der Waals surface area contributed by atoms with Crippen molar-refractivity contribution >= 4 is 33.8 Å². The number of nitriles is 1. The van der Waals surface area contributed by atoms with E-state index in [1.807, 2.05) is 0 Å². The van der Waals surface area contributed by atoms with Crippen LogP contribution in [0.5, 0.6) is 0 Å². The molecule has 1 aromatic rings. The van der Waals surface area contributed by atoms with Crippen molar-refractivity contribution in [1.82, 2.24) is 0 Å². The Bertz CT molecular complexity index is 533. The molecule has 20 heavy (non-hydrogen) atoms. The zero-order valence-electron chi connectivity index (χ0n) is 11.7. The first-order valence-corrected chi connectivity index (χ1v) is 8.41. The first-order chi connectivity index (χ1) is 9.65. The molecule has 0 spiro atoms. The summed E-state index contributed by atoms with van der Waals surface area (Å²) in [5.41, 5.74) is 1.84. The summed E-state index contributed by atoms with van der Waals surface area (Å²) >= 11 is 7.18. The number of halogens is 1. The van der Waals surface area contributed by atoms with E-state index in [4.69, 9.17) is 11.6 Å². The number of carbonyl (C=O) groups excluding carboxylic acids is 1. The van der Waals surface area contributed by atoms with Crippen LogP contribution in [0.3, 0.4) is 0 Å². The number of fused-ring (bicyclic) bond motifs is 1. The van der Waals surface area contributed by atoms with Crippen molar-refractivity contribution < 1.29 is 4.79 Å². The Hall–Kier alpha value is -1.05. The number of anilines is 1. The van der Waals surface area contributed by atoms with Crippen molar-refractivity contribution in [2.75, 3.05) is 11.2 Å². The van der Waals surface area contributed by atoms with Gasteiger partial charge in [-0.1, -0.05) is 6.92 Å². The van der Waals surface area contributed by atoms with Gasteiger partial charge in [-0.3, -0.25) is 4.79 Å². The third kappa shape index (κ3) is 3.53. The summed E-state index contributed by atoms with van der Waals surface area (Å²) in [5, 5.41) is 13.0. The van der Waals surface area contributed by atoms with Gasteiger partial charge in [0.25, 0.3) is 0 Å². The molecular weight excluding hydrogens is 292 g/mol. The molecule has 1 aliphatic rings. The predicted octanol–water partition coefficient (Wildman–Crippen LogP) is 4.09. The minimum absolute atomic E-state index is 0.0155. The Morgan fingerprint density at radius 2 is 2.35 bits per heavy atom. The molecule has 3 nitrogen and oxygen atoms in total. The summed E-state index contributed by atoms with van der Waals surface area (Å²) in [6, 6.07) is 2.27. The Balaban J connectivity index is 2.09. The summed E-state index contributed by atoms with van der Waals surface area (Å²) in [7, 11) is 0. The number of alkyl halides is 1. The van der Waals surface area contributed by atoms with E-state index in [1.54, 1.807) is 11.3 Å². The monoisotopic (exact) mass is 310 g/mol. The highest BCUT2D eigenvalue weighted by atomic mass is 35.5. The second kappa shape index (κ2) is 7.10. The van der Waals surface area contributed by atoms with Crippen LogP contribution in [0.25, 0.3) is 0 Å². The van der Waals surface area contributed by atoms with Crippen molar-refractivity contribution in [1.29, 1.82) is 5.26 Å². The fourth-order valence-electron chi connectivity index (χ4n) is 2.53. The van der Waals surface area contributed by atoms with Crippen LogP contribution in [0.15, 0.2) is 0 Å². The molecule has 0 bridgehead atoms. The Morgan fingerprint density at radius 1 is 1.55 bits per heavy atom. The van der Waals surface area contributed by atoms with Crippen LogP contribution in [-0.4, -0.2) is 11.8 Å². The topological polar surface area (TPSA) is 52.9 Å². The standard InChI is InChI=1S/C15H19ClN2OS/c1-10-5-6-11-12(9-17)15(20-13(11)8-10)18-14(19)4-2-3-7-16/h10H,2-8H2,1H3,(H,18,19). The second-order valence-corrected chi connectivity index (χ2v) is 6.85. The molecule has 1 aromatic heterocycles. The maximum Gasteiger partial charge on any atom is 0.225 e. The van der Waals surface area contributed by atoms with Crippen molar-refractivity contribution in [3.63, 3.8) is 0 Å². The number of unbranched alkanes of at least 4 members (excludes halogenated alkanes) is 1. The average molecular weight is 311 g/mol. The van der Waals surface area contributed by atoms with Gasteiger partial charge in [-0.05, 0) is 43.6 Å². The van der Waals surface area contributed by atoms with E-state index < -0.39 is 0 Å². The molecular formula is C15H19ClN2OS. The number of hydrogen-bond donors (Lipinski definition) is 1. The third-order valence-electron chi connectivity index (χ3n) is 3.66. The lowest BCUT2D eigenvalue weighted by Gasteiger charge is -2.17. The summed E-state index contributed by atoms with van der Waals surface area (Å²) in [6.07, 6.45) is 5.21. The Kier molecular flexibility index (Phi) is 5.45. The number of rotatable bonds is 5. The minimum atomic E-state index is -0.0155. The van der Waals surface area contributed by atoms with Crippen molar-refractivity contribution in [3.8, 4) is 6.07 Å². The molecule has 2 rings (SSSR count). The maximum absolute atomic E-state index is 11.9. The highest BCUT2D eigenvalue weighted by Gasteiger charge is 2.24. The lowest BCUT2D eigenvalue weighted by Crippen LogP contribution is -2.11. The molecule has 0 aromatic carbocycles. The van der Waals surface area contributed by atoms with E-state index in [0.717, 1.165) is 42.7 Å². The fourth-order valence-corrected chi connectivity index (χ4v) is 4.09. The number of amides is 1. The first-order valence-electron chi connectivity index (χ1n) is 7.06. The number of carbonyl (C=O) groups is 1. The fraction of sp³-hybridized carbons (Fsp3) is 0.600. The van der Waals surface area contributed by atoms with E-state index in [-0.39, 0.29) is 5.91 Å². The van der Waals surface area contributed by atoms with E-state index >= 15 is 0 Å². The molecule has 1 aliphatic carbocycles. The van der Waals surface area contributed by atoms with Gasteiger partial charge in [-0.2, -0.15) is 5.26 Å². The van der Waals surface area contributed by atoms with Gasteiger partial charge in [-0.25, -0.2) is 0 Å². The Morgan fingerprint density at radius 3 is 3.05 bits per heavy atom. The normalized spacial score (nSPS) is 17.4. The van der Waals surface area contributed by atoms with E-state index in [0.29, 0.717) is 23.8 Å². The summed E-state index contributed by atoms with van der Waals surface area (Å²) < 4.78 is 0. The summed E-state index contributed by atoms with van der Waals surface area (Å²) in [6.45, 7) is 2.24. The van der Waals surface area contributed by atoms with E-state index in [1.165, 1.54) is 4.88 Å². The number of thiophene rings is 1. The molecule has 1 amide bonds. The van der Waals surface area contributed by atoms with Gasteiger partial charge >= 0.3 is 0 Å². The molecule has 1 heterocycles. The van der Waals surface area contributed by atoms with Gasteiger partial charge in [-0.15, -0.1) is 22.9 Å². The molecule has 108 valence electrons. The number of nitrogens with zero attached hydrogens (tertiary/aromatic N) is 1. The minimum Gasteiger partial charge on any atom is -0.317 e. The van der Waals surface area contributed by atoms with Crippen molar-refractivity contribution in [2.45, 2.75) is 45.4 Å². The van der Waals surface area contributed by atoms with Gasteiger partial charge in [0.1, 0.15) is 11.1 Å². The van der Waals surface area contributed by atoms with Crippen molar-refractivity contribution in [3.05, 3.63) is 16.0 Å². The molecule has 0 fully saturated rings. The molecule has 0 saturated carbocycles. The van der Waals surface area contributed by atoms with Crippen LogP contribution in [0, 0.1) is 17.2 Å². The van der Waals surface area contributed by atoms with Crippen LogP contribution in [0.2, 0.25) is 0 Å². The van der Waals surface area contributed by atoms with Crippen LogP contribution in [0.4, 0.5) is 5.00 Å². The molecule has 1 unspecified atom stereocenters. The molecule has 0 aliphatic heterocycles.